The maximum atomic E-state index is 11.3. The number of rotatable bonds is 5. The zero-order valence-electron chi connectivity index (χ0n) is 8.76. The number of carboxylic acid groups (broad SMARTS) is 1. The van der Waals surface area contributed by atoms with Gasteiger partial charge in [-0.3, -0.25) is 4.79 Å². The van der Waals surface area contributed by atoms with E-state index in [0.29, 0.717) is 5.56 Å². The molecule has 3 N–H and O–H groups in total. The molecule has 0 saturated heterocycles. The van der Waals surface area contributed by atoms with Crippen LogP contribution in [0, 0.1) is 0 Å². The molecule has 1 atom stereocenters. The van der Waals surface area contributed by atoms with Gasteiger partial charge < -0.3 is 15.3 Å². The second kappa shape index (κ2) is 5.79. The van der Waals surface area contributed by atoms with Crippen LogP contribution in [0.15, 0.2) is 18.2 Å². The largest absolute Gasteiger partial charge is 0.508 e. The van der Waals surface area contributed by atoms with Crippen LogP contribution in [-0.2, 0) is 16.0 Å². The number of hydrogen-bond donors (Lipinski definition) is 3. The molecule has 6 heteroatoms. The molecule has 5 nitrogen and oxygen atoms in total. The smallest absolute Gasteiger partial charge is 0.337 e. The van der Waals surface area contributed by atoms with E-state index in [1.54, 1.807) is 0 Å². The van der Waals surface area contributed by atoms with Crippen molar-refractivity contribution in [1.29, 1.82) is 0 Å². The first-order chi connectivity index (χ1) is 7.95. The Labute approximate surface area is 106 Å². The lowest BCUT2D eigenvalue weighted by atomic mass is 9.98. The van der Waals surface area contributed by atoms with Crippen LogP contribution in [0.25, 0.3) is 0 Å². The van der Waals surface area contributed by atoms with E-state index < -0.39 is 12.1 Å². The molecule has 0 saturated carbocycles. The van der Waals surface area contributed by atoms with Crippen molar-refractivity contribution in [1.82, 2.24) is 0 Å². The van der Waals surface area contributed by atoms with Gasteiger partial charge in [-0.1, -0.05) is 22.0 Å². The Morgan fingerprint density at radius 1 is 1.35 bits per heavy atom. The van der Waals surface area contributed by atoms with Crippen LogP contribution < -0.4 is 0 Å². The molecule has 92 valence electrons. The van der Waals surface area contributed by atoms with Crippen LogP contribution in [0.4, 0.5) is 0 Å². The van der Waals surface area contributed by atoms with E-state index in [0.717, 1.165) is 0 Å². The number of carbonyl (C=O) groups is 2. The van der Waals surface area contributed by atoms with Crippen molar-refractivity contribution >= 4 is 27.7 Å². The molecular weight excluding hydrogens is 292 g/mol. The van der Waals surface area contributed by atoms with E-state index in [1.165, 1.54) is 18.2 Å². The van der Waals surface area contributed by atoms with Crippen molar-refractivity contribution in [3.63, 3.8) is 0 Å². The van der Waals surface area contributed by atoms with Crippen LogP contribution in [0.3, 0.4) is 0 Å². The van der Waals surface area contributed by atoms with Crippen LogP contribution in [0.5, 0.6) is 5.75 Å². The van der Waals surface area contributed by atoms with Gasteiger partial charge in [0.2, 0.25) is 0 Å². The first-order valence-electron chi connectivity index (χ1n) is 4.76. The second-order valence-electron chi connectivity index (χ2n) is 3.47. The summed E-state index contributed by atoms with van der Waals surface area (Å²) in [4.78, 5) is 22.0. The van der Waals surface area contributed by atoms with Crippen molar-refractivity contribution in [3.05, 3.63) is 29.3 Å². The first-order valence-corrected chi connectivity index (χ1v) is 5.88. The first kappa shape index (κ1) is 13.7. The van der Waals surface area contributed by atoms with Gasteiger partial charge in [0.15, 0.2) is 6.10 Å². The number of hydrogen-bond acceptors (Lipinski definition) is 4. The summed E-state index contributed by atoms with van der Waals surface area (Å²) in [6.07, 6.45) is -1.74. The highest BCUT2D eigenvalue weighted by atomic mass is 79.9. The molecule has 17 heavy (non-hydrogen) atoms. The normalized spacial score (nSPS) is 12.1. The molecule has 0 aliphatic rings. The molecule has 0 aliphatic heterocycles. The lowest BCUT2D eigenvalue weighted by Gasteiger charge is -2.12. The highest BCUT2D eigenvalue weighted by Gasteiger charge is 2.20. The topological polar surface area (TPSA) is 94.8 Å². The summed E-state index contributed by atoms with van der Waals surface area (Å²) in [6, 6.07) is 3.84. The molecule has 0 radical (unpaired) electrons. The maximum Gasteiger partial charge on any atom is 0.337 e. The van der Waals surface area contributed by atoms with Gasteiger partial charge in [0, 0.05) is 6.42 Å². The average Bonchev–Trinajstić information content (AvgIpc) is 2.28. The molecule has 1 aromatic rings. The SMILES string of the molecule is O=C(CBr)Cc1cc(O)ccc1C(O)C(=O)O. The molecular formula is C11H11BrO5. The minimum Gasteiger partial charge on any atom is -0.508 e. The standard InChI is InChI=1S/C11H11BrO5/c12-5-8(14)4-6-3-7(13)1-2-9(6)10(15)11(16)17/h1-3,10,13,15H,4-5H2,(H,16,17). The van der Waals surface area contributed by atoms with Gasteiger partial charge in [-0.15, -0.1) is 0 Å². The summed E-state index contributed by atoms with van der Waals surface area (Å²) in [5.41, 5.74) is 0.425. The van der Waals surface area contributed by atoms with Gasteiger partial charge in [-0.05, 0) is 23.3 Å². The molecule has 0 bridgehead atoms. The predicted molar refractivity (Wildman–Crippen MR) is 63.2 cm³/mol. The fourth-order valence-corrected chi connectivity index (χ4v) is 1.60. The molecule has 0 amide bonds. The molecule has 0 fully saturated rings. The zero-order valence-corrected chi connectivity index (χ0v) is 10.3. The van der Waals surface area contributed by atoms with Crippen molar-refractivity contribution < 1.29 is 24.9 Å². The number of carbonyl (C=O) groups excluding carboxylic acids is 1. The van der Waals surface area contributed by atoms with Gasteiger partial charge in [-0.2, -0.15) is 0 Å². The number of halogens is 1. The van der Waals surface area contributed by atoms with Crippen LogP contribution >= 0.6 is 15.9 Å². The summed E-state index contributed by atoms with van der Waals surface area (Å²) in [7, 11) is 0. The minimum atomic E-state index is -1.70. The number of aromatic hydroxyl groups is 1. The number of phenols is 1. The molecule has 0 aliphatic carbocycles. The summed E-state index contributed by atoms with van der Waals surface area (Å²) >= 11 is 2.99. The summed E-state index contributed by atoms with van der Waals surface area (Å²) in [5.74, 6) is -1.65. The number of Topliss-reactive ketones (excluding diaryl/α,β-unsaturated/α-hetero) is 1. The Morgan fingerprint density at radius 3 is 2.53 bits per heavy atom. The number of benzene rings is 1. The molecule has 0 spiro atoms. The lowest BCUT2D eigenvalue weighted by Crippen LogP contribution is -2.14. The third-order valence-electron chi connectivity index (χ3n) is 2.19. The van der Waals surface area contributed by atoms with Crippen molar-refractivity contribution in [2.75, 3.05) is 5.33 Å². The average molecular weight is 303 g/mol. The number of aliphatic hydroxyl groups excluding tert-OH is 1. The summed E-state index contributed by atoms with van der Waals surface area (Å²) in [5, 5.41) is 27.6. The van der Waals surface area contributed by atoms with Gasteiger partial charge in [0.25, 0.3) is 0 Å². The lowest BCUT2D eigenvalue weighted by molar-refractivity contribution is -0.147. The van der Waals surface area contributed by atoms with E-state index in [9.17, 15) is 19.8 Å². The van der Waals surface area contributed by atoms with Gasteiger partial charge in [0.1, 0.15) is 11.5 Å². The highest BCUT2D eigenvalue weighted by Crippen LogP contribution is 2.23. The molecule has 1 rings (SSSR count). The Hall–Kier alpha value is -1.40. The number of aliphatic hydroxyl groups is 1. The van der Waals surface area contributed by atoms with E-state index in [-0.39, 0.29) is 28.8 Å². The number of carboxylic acids is 1. The predicted octanol–water partition coefficient (Wildman–Crippen LogP) is 1.02. The second-order valence-corrected chi connectivity index (χ2v) is 4.03. The van der Waals surface area contributed by atoms with E-state index >= 15 is 0 Å². The molecule has 0 heterocycles. The highest BCUT2D eigenvalue weighted by molar-refractivity contribution is 9.09. The van der Waals surface area contributed by atoms with Crippen molar-refractivity contribution in [2.24, 2.45) is 0 Å². The van der Waals surface area contributed by atoms with Crippen LogP contribution in [-0.4, -0.2) is 32.4 Å². The molecule has 0 aromatic heterocycles. The fraction of sp³-hybridized carbons (Fsp3) is 0.273. The third kappa shape index (κ3) is 3.54. The van der Waals surface area contributed by atoms with Crippen LogP contribution in [0.2, 0.25) is 0 Å². The van der Waals surface area contributed by atoms with Gasteiger partial charge >= 0.3 is 5.97 Å². The summed E-state index contributed by atoms with van der Waals surface area (Å²) in [6.45, 7) is 0. The Bertz CT molecular complexity index is 443. The van der Waals surface area contributed by atoms with Crippen LogP contribution in [0.1, 0.15) is 17.2 Å². The number of aliphatic carboxylic acids is 1. The quantitative estimate of drug-likeness (QED) is 0.706. The van der Waals surface area contributed by atoms with E-state index in [4.69, 9.17) is 5.11 Å². The Balaban J connectivity index is 3.11. The number of phenolic OH excluding ortho intramolecular Hbond substituents is 1. The van der Waals surface area contributed by atoms with Crippen molar-refractivity contribution in [2.45, 2.75) is 12.5 Å². The number of ketones is 1. The zero-order chi connectivity index (χ0) is 13.0. The monoisotopic (exact) mass is 302 g/mol. The van der Waals surface area contributed by atoms with E-state index in [2.05, 4.69) is 15.9 Å². The summed E-state index contributed by atoms with van der Waals surface area (Å²) < 4.78 is 0. The van der Waals surface area contributed by atoms with E-state index in [1.807, 2.05) is 0 Å². The maximum absolute atomic E-state index is 11.3. The van der Waals surface area contributed by atoms with Crippen molar-refractivity contribution in [3.8, 4) is 5.75 Å². The van der Waals surface area contributed by atoms with Gasteiger partial charge in [0.05, 0.1) is 5.33 Å². The molecule has 1 unspecified atom stereocenters. The number of alkyl halides is 1. The third-order valence-corrected chi connectivity index (χ3v) is 2.82. The molecule has 1 aromatic carbocycles. The minimum absolute atomic E-state index is 0.0423. The van der Waals surface area contributed by atoms with Gasteiger partial charge in [-0.25, -0.2) is 4.79 Å². The fourth-order valence-electron chi connectivity index (χ4n) is 1.40. The Kier molecular flexibility index (Phi) is 4.65. The Morgan fingerprint density at radius 2 is 2.00 bits per heavy atom.